The third-order valence-corrected chi connectivity index (χ3v) is 1.75. The van der Waals surface area contributed by atoms with Gasteiger partial charge in [-0.15, -0.1) is 0 Å². The normalized spacial score (nSPS) is 9.64. The lowest BCUT2D eigenvalue weighted by atomic mass is 10.3. The van der Waals surface area contributed by atoms with Gasteiger partial charge in [-0.3, -0.25) is 0 Å². The first-order chi connectivity index (χ1) is 6.81. The molecule has 0 heterocycles. The van der Waals surface area contributed by atoms with Crippen molar-refractivity contribution in [2.75, 3.05) is 27.4 Å². The minimum atomic E-state index is 0.475. The standard InChI is InChI=1S/C10H15NO3/c1-12-8-3-4-9(14-6-5-11)10(7-8)13-2/h3-4,7H,5-6,11H2,1-2H3. The van der Waals surface area contributed by atoms with Crippen molar-refractivity contribution in [3.8, 4) is 17.2 Å². The Morgan fingerprint density at radius 1 is 1.14 bits per heavy atom. The molecule has 4 heteroatoms. The van der Waals surface area contributed by atoms with Crippen molar-refractivity contribution >= 4 is 0 Å². The lowest BCUT2D eigenvalue weighted by Gasteiger charge is -2.10. The fourth-order valence-electron chi connectivity index (χ4n) is 1.06. The van der Waals surface area contributed by atoms with E-state index in [0.29, 0.717) is 24.7 Å². The van der Waals surface area contributed by atoms with Crippen molar-refractivity contribution in [1.29, 1.82) is 0 Å². The van der Waals surface area contributed by atoms with Gasteiger partial charge in [-0.25, -0.2) is 0 Å². The van der Waals surface area contributed by atoms with Crippen molar-refractivity contribution in [1.82, 2.24) is 0 Å². The summed E-state index contributed by atoms with van der Waals surface area (Å²) in [6.07, 6.45) is 0. The first-order valence-corrected chi connectivity index (χ1v) is 4.36. The predicted molar refractivity (Wildman–Crippen MR) is 54.1 cm³/mol. The SMILES string of the molecule is COc1ccc(OCCN)c(OC)c1. The van der Waals surface area contributed by atoms with Crippen LogP contribution in [-0.2, 0) is 0 Å². The zero-order chi connectivity index (χ0) is 10.4. The van der Waals surface area contributed by atoms with Crippen LogP contribution in [0.15, 0.2) is 18.2 Å². The summed E-state index contributed by atoms with van der Waals surface area (Å²) in [4.78, 5) is 0. The fraction of sp³-hybridized carbons (Fsp3) is 0.400. The molecule has 4 nitrogen and oxygen atoms in total. The van der Waals surface area contributed by atoms with Gasteiger partial charge in [-0.05, 0) is 12.1 Å². The van der Waals surface area contributed by atoms with E-state index in [4.69, 9.17) is 19.9 Å². The molecule has 0 atom stereocenters. The lowest BCUT2D eigenvalue weighted by molar-refractivity contribution is 0.300. The topological polar surface area (TPSA) is 53.7 Å². The second-order valence-corrected chi connectivity index (χ2v) is 2.65. The highest BCUT2D eigenvalue weighted by Gasteiger charge is 2.04. The Morgan fingerprint density at radius 3 is 2.50 bits per heavy atom. The van der Waals surface area contributed by atoms with Crippen molar-refractivity contribution in [2.24, 2.45) is 5.73 Å². The van der Waals surface area contributed by atoms with Gasteiger partial charge in [0.15, 0.2) is 11.5 Å². The van der Waals surface area contributed by atoms with Gasteiger partial charge in [-0.1, -0.05) is 0 Å². The maximum Gasteiger partial charge on any atom is 0.164 e. The second kappa shape index (κ2) is 5.34. The highest BCUT2D eigenvalue weighted by molar-refractivity contribution is 5.45. The minimum Gasteiger partial charge on any atom is -0.497 e. The molecular formula is C10H15NO3. The Bertz CT molecular complexity index is 289. The van der Waals surface area contributed by atoms with Crippen molar-refractivity contribution in [3.05, 3.63) is 18.2 Å². The highest BCUT2D eigenvalue weighted by atomic mass is 16.5. The van der Waals surface area contributed by atoms with Gasteiger partial charge in [0.25, 0.3) is 0 Å². The molecule has 0 aromatic heterocycles. The highest BCUT2D eigenvalue weighted by Crippen LogP contribution is 2.30. The lowest BCUT2D eigenvalue weighted by Crippen LogP contribution is -2.11. The number of benzene rings is 1. The number of hydrogen-bond acceptors (Lipinski definition) is 4. The summed E-state index contributed by atoms with van der Waals surface area (Å²) in [7, 11) is 3.19. The van der Waals surface area contributed by atoms with Crippen molar-refractivity contribution in [3.63, 3.8) is 0 Å². The quantitative estimate of drug-likeness (QED) is 0.766. The summed E-state index contributed by atoms with van der Waals surface area (Å²) in [5, 5.41) is 0. The average Bonchev–Trinajstić information content (AvgIpc) is 2.26. The van der Waals surface area contributed by atoms with Gasteiger partial charge in [0.2, 0.25) is 0 Å². The molecule has 0 aliphatic rings. The van der Waals surface area contributed by atoms with Gasteiger partial charge >= 0.3 is 0 Å². The first kappa shape index (κ1) is 10.7. The average molecular weight is 197 g/mol. The molecule has 0 saturated heterocycles. The largest absolute Gasteiger partial charge is 0.497 e. The van der Waals surface area contributed by atoms with Crippen LogP contribution in [0.3, 0.4) is 0 Å². The molecule has 2 N–H and O–H groups in total. The van der Waals surface area contributed by atoms with Crippen LogP contribution in [0, 0.1) is 0 Å². The molecule has 78 valence electrons. The van der Waals surface area contributed by atoms with E-state index in [1.807, 2.05) is 6.07 Å². The summed E-state index contributed by atoms with van der Waals surface area (Å²) in [6.45, 7) is 0.956. The van der Waals surface area contributed by atoms with Crippen molar-refractivity contribution < 1.29 is 14.2 Å². The van der Waals surface area contributed by atoms with Crippen molar-refractivity contribution in [2.45, 2.75) is 0 Å². The monoisotopic (exact) mass is 197 g/mol. The molecule has 0 spiro atoms. The van der Waals surface area contributed by atoms with Crippen LogP contribution in [0.25, 0.3) is 0 Å². The predicted octanol–water partition coefficient (Wildman–Crippen LogP) is 1.04. The van der Waals surface area contributed by atoms with Gasteiger partial charge in [0.05, 0.1) is 14.2 Å². The second-order valence-electron chi connectivity index (χ2n) is 2.65. The van der Waals surface area contributed by atoms with E-state index in [0.717, 1.165) is 5.75 Å². The van der Waals surface area contributed by atoms with E-state index < -0.39 is 0 Å². The molecule has 0 unspecified atom stereocenters. The van der Waals surface area contributed by atoms with Crippen LogP contribution in [0.5, 0.6) is 17.2 Å². The molecule has 0 bridgehead atoms. The summed E-state index contributed by atoms with van der Waals surface area (Å²) >= 11 is 0. The Balaban J connectivity index is 2.82. The zero-order valence-corrected chi connectivity index (χ0v) is 8.45. The molecule has 0 aliphatic heterocycles. The van der Waals surface area contributed by atoms with Crippen LogP contribution < -0.4 is 19.9 Å². The number of methoxy groups -OCH3 is 2. The van der Waals surface area contributed by atoms with E-state index in [2.05, 4.69) is 0 Å². The number of ether oxygens (including phenoxy) is 3. The molecule has 0 aliphatic carbocycles. The zero-order valence-electron chi connectivity index (χ0n) is 8.45. The van der Waals surface area contributed by atoms with Gasteiger partial charge in [0, 0.05) is 12.6 Å². The van der Waals surface area contributed by atoms with E-state index in [-0.39, 0.29) is 0 Å². The Kier molecular flexibility index (Phi) is 4.07. The molecule has 0 saturated carbocycles. The third kappa shape index (κ3) is 2.53. The number of nitrogens with two attached hydrogens (primary N) is 1. The van der Waals surface area contributed by atoms with Crippen LogP contribution in [-0.4, -0.2) is 27.4 Å². The number of hydrogen-bond donors (Lipinski definition) is 1. The minimum absolute atomic E-state index is 0.475. The van der Waals surface area contributed by atoms with E-state index in [1.165, 1.54) is 0 Å². The van der Waals surface area contributed by atoms with Crippen LogP contribution in [0.4, 0.5) is 0 Å². The molecule has 1 aromatic carbocycles. The van der Waals surface area contributed by atoms with E-state index in [9.17, 15) is 0 Å². The molecule has 14 heavy (non-hydrogen) atoms. The summed E-state index contributed by atoms with van der Waals surface area (Å²) < 4.78 is 15.6. The van der Waals surface area contributed by atoms with Crippen LogP contribution in [0.2, 0.25) is 0 Å². The molecule has 0 radical (unpaired) electrons. The maximum atomic E-state index is 5.37. The summed E-state index contributed by atoms with van der Waals surface area (Å²) in [5.41, 5.74) is 5.33. The Labute approximate surface area is 83.6 Å². The van der Waals surface area contributed by atoms with E-state index >= 15 is 0 Å². The molecule has 1 aromatic rings. The number of rotatable bonds is 5. The van der Waals surface area contributed by atoms with Crippen LogP contribution in [0.1, 0.15) is 0 Å². The van der Waals surface area contributed by atoms with Gasteiger partial charge < -0.3 is 19.9 Å². The summed E-state index contributed by atoms with van der Waals surface area (Å²) in [6, 6.07) is 5.38. The molecule has 0 amide bonds. The maximum absolute atomic E-state index is 5.37. The smallest absolute Gasteiger partial charge is 0.164 e. The fourth-order valence-corrected chi connectivity index (χ4v) is 1.06. The van der Waals surface area contributed by atoms with Gasteiger partial charge in [0.1, 0.15) is 12.4 Å². The van der Waals surface area contributed by atoms with Crippen LogP contribution >= 0.6 is 0 Å². The third-order valence-electron chi connectivity index (χ3n) is 1.75. The summed E-state index contributed by atoms with van der Waals surface area (Å²) in [5.74, 6) is 2.07. The van der Waals surface area contributed by atoms with E-state index in [1.54, 1.807) is 26.4 Å². The van der Waals surface area contributed by atoms with Gasteiger partial charge in [-0.2, -0.15) is 0 Å². The molecule has 1 rings (SSSR count). The Morgan fingerprint density at radius 2 is 1.93 bits per heavy atom. The Hall–Kier alpha value is -1.42. The molecule has 0 fully saturated rings. The molecular weight excluding hydrogens is 182 g/mol. The first-order valence-electron chi connectivity index (χ1n) is 4.36.